The summed E-state index contributed by atoms with van der Waals surface area (Å²) in [5.41, 5.74) is 3.49. The molecule has 0 aliphatic heterocycles. The van der Waals surface area contributed by atoms with Crippen molar-refractivity contribution in [2.75, 3.05) is 13.7 Å². The minimum Gasteiger partial charge on any atom is -0.494 e. The highest BCUT2D eigenvalue weighted by Gasteiger charge is 2.44. The van der Waals surface area contributed by atoms with E-state index in [2.05, 4.69) is 9.97 Å². The molecule has 222 valence electrons. The van der Waals surface area contributed by atoms with Gasteiger partial charge in [-0.05, 0) is 62.4 Å². The number of methoxy groups -OCH3 is 1. The number of halogens is 6. The van der Waals surface area contributed by atoms with Crippen molar-refractivity contribution in [3.05, 3.63) is 94.4 Å². The van der Waals surface area contributed by atoms with Gasteiger partial charge in [0.15, 0.2) is 5.82 Å². The quantitative estimate of drug-likeness (QED) is 0.0953. The SMILES string of the molecule is COc1cc(/C(N)=C(\Cl)N(N)CC(c2cc(C(C)(C)O)c(F)c(-c3ccc(F)cc3)n2)C(F)(F)F)cc2cccnc12. The number of ether oxygens (including phenoxy) is 1. The molecule has 0 radical (unpaired) electrons. The molecule has 13 heteroatoms. The number of pyridine rings is 2. The Morgan fingerprint density at radius 2 is 1.76 bits per heavy atom. The van der Waals surface area contributed by atoms with Gasteiger partial charge in [0, 0.05) is 28.3 Å². The summed E-state index contributed by atoms with van der Waals surface area (Å²) in [7, 11) is 1.43. The minimum absolute atomic E-state index is 0.00805. The van der Waals surface area contributed by atoms with Gasteiger partial charge in [0.25, 0.3) is 0 Å². The van der Waals surface area contributed by atoms with Crippen LogP contribution < -0.4 is 16.3 Å². The Morgan fingerprint density at radius 3 is 2.36 bits per heavy atom. The topological polar surface area (TPSA) is 111 Å². The summed E-state index contributed by atoms with van der Waals surface area (Å²) < 4.78 is 77.8. The van der Waals surface area contributed by atoms with E-state index in [0.717, 1.165) is 18.2 Å². The lowest BCUT2D eigenvalue weighted by atomic mass is 9.92. The maximum absolute atomic E-state index is 15.5. The number of rotatable bonds is 8. The largest absolute Gasteiger partial charge is 0.494 e. The normalized spacial score (nSPS) is 13.6. The third kappa shape index (κ3) is 6.40. The average Bonchev–Trinajstić information content (AvgIpc) is 2.93. The van der Waals surface area contributed by atoms with Gasteiger partial charge in [-0.1, -0.05) is 17.7 Å². The van der Waals surface area contributed by atoms with Gasteiger partial charge in [0.2, 0.25) is 0 Å². The molecule has 2 heterocycles. The average molecular weight is 608 g/mol. The van der Waals surface area contributed by atoms with E-state index in [-0.39, 0.29) is 11.3 Å². The maximum Gasteiger partial charge on any atom is 0.399 e. The van der Waals surface area contributed by atoms with E-state index in [0.29, 0.717) is 27.2 Å². The Bertz CT molecular complexity index is 1640. The highest BCUT2D eigenvalue weighted by atomic mass is 35.5. The Morgan fingerprint density at radius 1 is 1.10 bits per heavy atom. The van der Waals surface area contributed by atoms with E-state index < -0.39 is 58.0 Å². The van der Waals surface area contributed by atoms with Crippen LogP contribution >= 0.6 is 11.6 Å². The van der Waals surface area contributed by atoms with Crippen LogP contribution in [-0.2, 0) is 5.60 Å². The molecular formula is C29H27ClF5N5O2. The molecular weight excluding hydrogens is 581 g/mol. The molecule has 5 N–H and O–H groups in total. The number of hydrogen-bond donors (Lipinski definition) is 3. The van der Waals surface area contributed by atoms with Crippen LogP contribution in [0.5, 0.6) is 5.75 Å². The number of aromatic nitrogens is 2. The van der Waals surface area contributed by atoms with Crippen LogP contribution in [0.1, 0.15) is 36.6 Å². The standard InChI is InChI=1S/C29H27ClF5N5O2/c1-28(2,41)19-13-21(39-26(23(19)32)15-6-8-18(31)9-7-15)20(29(33,34)35)14-40(37)27(30)24(36)17-11-16-5-4-10-38-25(16)22(12-17)42-3/h4-13,20,41H,14,36-37H2,1-3H3/b27-24-. The van der Waals surface area contributed by atoms with Crippen LogP contribution in [0.3, 0.4) is 0 Å². The summed E-state index contributed by atoms with van der Waals surface area (Å²) in [4.78, 5) is 8.21. The predicted molar refractivity (Wildman–Crippen MR) is 150 cm³/mol. The Balaban J connectivity index is 1.79. The van der Waals surface area contributed by atoms with Crippen LogP contribution in [0.25, 0.3) is 27.9 Å². The number of hydrazine groups is 1. The fourth-order valence-electron chi connectivity index (χ4n) is 4.36. The second-order valence-electron chi connectivity index (χ2n) is 10.0. The van der Waals surface area contributed by atoms with Crippen LogP contribution in [0.2, 0.25) is 0 Å². The zero-order valence-corrected chi connectivity index (χ0v) is 23.4. The molecule has 0 saturated heterocycles. The van der Waals surface area contributed by atoms with Gasteiger partial charge in [-0.3, -0.25) is 9.99 Å². The van der Waals surface area contributed by atoms with Crippen molar-refractivity contribution >= 4 is 28.2 Å². The lowest BCUT2D eigenvalue weighted by molar-refractivity contribution is -0.154. The Hall–Kier alpha value is -4.00. The summed E-state index contributed by atoms with van der Waals surface area (Å²) in [6, 6.07) is 11.8. The van der Waals surface area contributed by atoms with E-state index in [9.17, 15) is 22.7 Å². The number of aliphatic hydroxyl groups is 1. The molecule has 4 rings (SSSR count). The van der Waals surface area contributed by atoms with Crippen molar-refractivity contribution in [2.45, 2.75) is 31.5 Å². The molecule has 0 amide bonds. The van der Waals surface area contributed by atoms with Gasteiger partial charge in [0.05, 0.1) is 30.6 Å². The molecule has 0 bridgehead atoms. The molecule has 0 fully saturated rings. The van der Waals surface area contributed by atoms with Crippen LogP contribution in [0.4, 0.5) is 22.0 Å². The number of fused-ring (bicyclic) bond motifs is 1. The first kappa shape index (κ1) is 30.9. The number of alkyl halides is 3. The first-order valence-corrected chi connectivity index (χ1v) is 12.9. The number of nitrogens with two attached hydrogens (primary N) is 2. The van der Waals surface area contributed by atoms with E-state index in [4.69, 9.17) is 27.9 Å². The summed E-state index contributed by atoms with van der Waals surface area (Å²) in [5, 5.41) is 11.4. The van der Waals surface area contributed by atoms with Crippen molar-refractivity contribution in [3.63, 3.8) is 0 Å². The van der Waals surface area contributed by atoms with Gasteiger partial charge in [-0.25, -0.2) is 19.6 Å². The molecule has 0 saturated carbocycles. The highest BCUT2D eigenvalue weighted by Crippen LogP contribution is 2.39. The Labute approximate surface area is 243 Å². The van der Waals surface area contributed by atoms with Crippen molar-refractivity contribution in [2.24, 2.45) is 11.6 Å². The maximum atomic E-state index is 15.5. The first-order valence-electron chi connectivity index (χ1n) is 12.5. The second-order valence-corrected chi connectivity index (χ2v) is 10.4. The summed E-state index contributed by atoms with van der Waals surface area (Å²) in [6.07, 6.45) is -3.37. The Kier molecular flexibility index (Phi) is 8.63. The van der Waals surface area contributed by atoms with Gasteiger partial charge < -0.3 is 15.6 Å². The number of nitrogens with zero attached hydrogens (tertiary/aromatic N) is 3. The smallest absolute Gasteiger partial charge is 0.399 e. The van der Waals surface area contributed by atoms with Crippen molar-refractivity contribution in [1.82, 2.24) is 15.0 Å². The summed E-state index contributed by atoms with van der Waals surface area (Å²) >= 11 is 6.39. The molecule has 1 atom stereocenters. The lowest BCUT2D eigenvalue weighted by Crippen LogP contribution is -2.39. The molecule has 42 heavy (non-hydrogen) atoms. The van der Waals surface area contributed by atoms with Crippen LogP contribution in [0.15, 0.2) is 66.0 Å². The lowest BCUT2D eigenvalue weighted by Gasteiger charge is -2.29. The molecule has 0 aliphatic carbocycles. The van der Waals surface area contributed by atoms with Crippen molar-refractivity contribution in [1.29, 1.82) is 0 Å². The summed E-state index contributed by atoms with van der Waals surface area (Å²) in [5.74, 6) is 2.29. The van der Waals surface area contributed by atoms with E-state index >= 15 is 4.39 Å². The van der Waals surface area contributed by atoms with E-state index in [1.54, 1.807) is 24.4 Å². The number of hydrogen-bond acceptors (Lipinski definition) is 7. The molecule has 7 nitrogen and oxygen atoms in total. The predicted octanol–water partition coefficient (Wildman–Crippen LogP) is 6.16. The molecule has 1 unspecified atom stereocenters. The third-order valence-corrected chi connectivity index (χ3v) is 6.98. The van der Waals surface area contributed by atoms with Gasteiger partial charge >= 0.3 is 6.18 Å². The molecule has 0 spiro atoms. The first-order chi connectivity index (χ1) is 19.6. The van der Waals surface area contributed by atoms with Gasteiger partial charge in [-0.2, -0.15) is 13.2 Å². The minimum atomic E-state index is -4.94. The zero-order chi connectivity index (χ0) is 31.0. The van der Waals surface area contributed by atoms with Gasteiger partial charge in [-0.15, -0.1) is 0 Å². The highest BCUT2D eigenvalue weighted by molar-refractivity contribution is 6.32. The third-order valence-electron chi connectivity index (χ3n) is 6.56. The van der Waals surface area contributed by atoms with Crippen molar-refractivity contribution in [3.8, 4) is 17.0 Å². The zero-order valence-electron chi connectivity index (χ0n) is 22.7. The van der Waals surface area contributed by atoms with Crippen LogP contribution in [0, 0.1) is 11.6 Å². The fourth-order valence-corrected chi connectivity index (χ4v) is 4.54. The fraction of sp³-hybridized carbons (Fsp3) is 0.241. The van der Waals surface area contributed by atoms with E-state index in [1.807, 2.05) is 0 Å². The second kappa shape index (κ2) is 11.7. The molecule has 2 aromatic carbocycles. The number of benzene rings is 2. The summed E-state index contributed by atoms with van der Waals surface area (Å²) in [6.45, 7) is 1.46. The van der Waals surface area contributed by atoms with Crippen LogP contribution in [-0.4, -0.2) is 39.9 Å². The van der Waals surface area contributed by atoms with Gasteiger partial charge in [0.1, 0.15) is 33.9 Å². The molecule has 0 aliphatic rings. The van der Waals surface area contributed by atoms with Crippen molar-refractivity contribution < 1.29 is 31.8 Å². The van der Waals surface area contributed by atoms with E-state index in [1.165, 1.54) is 39.2 Å². The molecule has 4 aromatic rings. The monoisotopic (exact) mass is 607 g/mol. The molecule has 2 aromatic heterocycles.